The Hall–Kier alpha value is -1.83. The third-order valence-electron chi connectivity index (χ3n) is 3.03. The Kier molecular flexibility index (Phi) is 2.81. The summed E-state index contributed by atoms with van der Waals surface area (Å²) in [5.74, 6) is -0.645. The fourth-order valence-electron chi connectivity index (χ4n) is 2.19. The second-order valence-electron chi connectivity index (χ2n) is 4.06. The van der Waals surface area contributed by atoms with Gasteiger partial charge in [-0.15, -0.1) is 0 Å². The van der Waals surface area contributed by atoms with Crippen molar-refractivity contribution in [2.45, 2.75) is 0 Å². The molecule has 0 radical (unpaired) electrons. The van der Waals surface area contributed by atoms with Crippen molar-refractivity contribution in [3.8, 4) is 0 Å². The molecule has 0 bridgehead atoms. The number of carbonyl (C=O) groups excluding carboxylic acids is 1. The molecule has 0 saturated carbocycles. The number of pyridine rings is 1. The first kappa shape index (κ1) is 12.2. The summed E-state index contributed by atoms with van der Waals surface area (Å²) in [7, 11) is 1.26. The summed E-state index contributed by atoms with van der Waals surface area (Å²) >= 11 is 2.22. The molecular weight excluding hydrogens is 359 g/mol. The fraction of sp³-hybridized carbons (Fsp3) is 0.0769. The minimum atomic E-state index is -0.645. The molecule has 3 rings (SSSR count). The number of rotatable bonds is 1. The molecule has 5 nitrogen and oxygen atoms in total. The summed E-state index contributed by atoms with van der Waals surface area (Å²) in [4.78, 5) is 29.3. The van der Waals surface area contributed by atoms with Crippen molar-refractivity contribution in [3.63, 3.8) is 0 Å². The zero-order valence-corrected chi connectivity index (χ0v) is 12.1. The molecular formula is C13H9IN2O3. The lowest BCUT2D eigenvalue weighted by molar-refractivity contribution is 0.0601. The third kappa shape index (κ3) is 1.74. The lowest BCUT2D eigenvalue weighted by Crippen LogP contribution is -2.18. The average molecular weight is 368 g/mol. The Balaban J connectivity index is 2.55. The lowest BCUT2D eigenvalue weighted by Gasteiger charge is -1.99. The molecule has 0 atom stereocenters. The number of halogens is 1. The van der Waals surface area contributed by atoms with E-state index in [0.717, 1.165) is 19.9 Å². The molecule has 0 aliphatic carbocycles. The van der Waals surface area contributed by atoms with Crippen LogP contribution in [0.2, 0.25) is 0 Å². The van der Waals surface area contributed by atoms with Crippen LogP contribution in [0.1, 0.15) is 10.4 Å². The van der Waals surface area contributed by atoms with Gasteiger partial charge < -0.3 is 14.7 Å². The van der Waals surface area contributed by atoms with Crippen LogP contribution in [-0.2, 0) is 4.74 Å². The number of nitrogens with one attached hydrogen (secondary N) is 2. The van der Waals surface area contributed by atoms with Crippen molar-refractivity contribution < 1.29 is 9.53 Å². The van der Waals surface area contributed by atoms with Gasteiger partial charge in [-0.2, -0.15) is 0 Å². The number of carbonyl (C=O) groups is 1. The standard InChI is InChI=1S/C13H9IN2O3/c1-19-13(18)10-11-6(5-15-12(10)17)9-7(14)3-2-4-8(9)16-11/h2-5,16H,1H3,(H,15,17). The second-order valence-corrected chi connectivity index (χ2v) is 5.22. The van der Waals surface area contributed by atoms with Crippen LogP contribution in [0.25, 0.3) is 21.8 Å². The Labute approximate surface area is 121 Å². The predicted molar refractivity (Wildman–Crippen MR) is 80.5 cm³/mol. The summed E-state index contributed by atoms with van der Waals surface area (Å²) in [5, 5.41) is 1.79. The molecule has 3 aromatic rings. The number of hydrogen-bond donors (Lipinski definition) is 2. The maximum atomic E-state index is 11.8. The van der Waals surface area contributed by atoms with Crippen molar-refractivity contribution >= 4 is 50.4 Å². The Morgan fingerprint density at radius 3 is 2.89 bits per heavy atom. The summed E-state index contributed by atoms with van der Waals surface area (Å²) in [6.45, 7) is 0. The normalized spacial score (nSPS) is 11.1. The molecule has 0 aliphatic rings. The molecule has 2 aromatic heterocycles. The second kappa shape index (κ2) is 4.37. The Bertz CT molecular complexity index is 863. The molecule has 96 valence electrons. The van der Waals surface area contributed by atoms with E-state index in [1.807, 2.05) is 18.2 Å². The number of methoxy groups -OCH3 is 1. The zero-order valence-electron chi connectivity index (χ0n) is 9.91. The van der Waals surface area contributed by atoms with Gasteiger partial charge in [-0.3, -0.25) is 4.79 Å². The van der Waals surface area contributed by atoms with Crippen LogP contribution in [0.3, 0.4) is 0 Å². The summed E-state index contributed by atoms with van der Waals surface area (Å²) in [5.41, 5.74) is 0.939. The van der Waals surface area contributed by atoms with E-state index in [-0.39, 0.29) is 5.56 Å². The highest BCUT2D eigenvalue weighted by Crippen LogP contribution is 2.29. The average Bonchev–Trinajstić information content (AvgIpc) is 2.77. The van der Waals surface area contributed by atoms with Gasteiger partial charge in [-0.1, -0.05) is 6.07 Å². The smallest absolute Gasteiger partial charge is 0.345 e. The van der Waals surface area contributed by atoms with Crippen molar-refractivity contribution in [1.29, 1.82) is 0 Å². The quantitative estimate of drug-likeness (QED) is 0.512. The molecule has 0 fully saturated rings. The van der Waals surface area contributed by atoms with Crippen LogP contribution in [0.5, 0.6) is 0 Å². The van der Waals surface area contributed by atoms with E-state index in [0.29, 0.717) is 5.52 Å². The Morgan fingerprint density at radius 2 is 2.16 bits per heavy atom. The molecule has 0 aliphatic heterocycles. The SMILES string of the molecule is COC(=O)c1c(=O)[nH]cc2c1[nH]c1cccc(I)c12. The van der Waals surface area contributed by atoms with Crippen LogP contribution in [-0.4, -0.2) is 23.0 Å². The number of aromatic nitrogens is 2. The number of hydrogen-bond acceptors (Lipinski definition) is 3. The van der Waals surface area contributed by atoms with E-state index in [1.54, 1.807) is 6.20 Å². The largest absolute Gasteiger partial charge is 0.465 e. The number of benzene rings is 1. The molecule has 0 spiro atoms. The number of H-pyrrole nitrogens is 2. The lowest BCUT2D eigenvalue weighted by atomic mass is 10.1. The molecule has 2 N–H and O–H groups in total. The highest BCUT2D eigenvalue weighted by atomic mass is 127. The van der Waals surface area contributed by atoms with E-state index in [2.05, 4.69) is 37.3 Å². The maximum Gasteiger partial charge on any atom is 0.345 e. The van der Waals surface area contributed by atoms with E-state index >= 15 is 0 Å². The van der Waals surface area contributed by atoms with E-state index < -0.39 is 11.5 Å². The summed E-state index contributed by atoms with van der Waals surface area (Å²) in [6.07, 6.45) is 1.62. The Morgan fingerprint density at radius 1 is 1.37 bits per heavy atom. The van der Waals surface area contributed by atoms with Gasteiger partial charge >= 0.3 is 5.97 Å². The number of esters is 1. The van der Waals surface area contributed by atoms with Crippen LogP contribution in [0.4, 0.5) is 0 Å². The minimum Gasteiger partial charge on any atom is -0.465 e. The van der Waals surface area contributed by atoms with Crippen molar-refractivity contribution in [2.75, 3.05) is 7.11 Å². The van der Waals surface area contributed by atoms with Crippen molar-refractivity contribution in [2.24, 2.45) is 0 Å². The monoisotopic (exact) mass is 368 g/mol. The van der Waals surface area contributed by atoms with Gasteiger partial charge in [0.05, 0.1) is 12.6 Å². The highest BCUT2D eigenvalue weighted by Gasteiger charge is 2.19. The van der Waals surface area contributed by atoms with Crippen LogP contribution >= 0.6 is 22.6 Å². The van der Waals surface area contributed by atoms with Crippen LogP contribution in [0, 0.1) is 3.57 Å². The van der Waals surface area contributed by atoms with Crippen molar-refractivity contribution in [1.82, 2.24) is 9.97 Å². The van der Waals surface area contributed by atoms with Crippen LogP contribution < -0.4 is 5.56 Å². The number of aromatic amines is 2. The van der Waals surface area contributed by atoms with Gasteiger partial charge in [-0.25, -0.2) is 4.79 Å². The molecule has 2 heterocycles. The van der Waals surface area contributed by atoms with Gasteiger partial charge in [0.1, 0.15) is 5.56 Å². The molecule has 19 heavy (non-hydrogen) atoms. The molecule has 0 amide bonds. The minimum absolute atomic E-state index is 0.00648. The van der Waals surface area contributed by atoms with Crippen molar-refractivity contribution in [3.05, 3.63) is 43.9 Å². The zero-order chi connectivity index (χ0) is 13.6. The molecule has 1 aromatic carbocycles. The van der Waals surface area contributed by atoms with E-state index in [1.165, 1.54) is 7.11 Å². The molecule has 6 heteroatoms. The highest BCUT2D eigenvalue weighted by molar-refractivity contribution is 14.1. The first-order chi connectivity index (χ1) is 9.13. The van der Waals surface area contributed by atoms with Gasteiger partial charge in [0.15, 0.2) is 0 Å². The topological polar surface area (TPSA) is 75.0 Å². The number of fused-ring (bicyclic) bond motifs is 3. The predicted octanol–water partition coefficient (Wildman–Crippen LogP) is 2.40. The maximum absolute atomic E-state index is 11.8. The third-order valence-corrected chi connectivity index (χ3v) is 3.93. The van der Waals surface area contributed by atoms with Gasteiger partial charge in [0.2, 0.25) is 0 Å². The summed E-state index contributed by atoms with van der Waals surface area (Å²) in [6, 6.07) is 5.79. The van der Waals surface area contributed by atoms with Gasteiger partial charge in [0, 0.05) is 26.1 Å². The number of ether oxygens (including phenoxy) is 1. The first-order valence-corrected chi connectivity index (χ1v) is 6.61. The van der Waals surface area contributed by atoms with E-state index in [4.69, 9.17) is 0 Å². The van der Waals surface area contributed by atoms with Gasteiger partial charge in [-0.05, 0) is 34.7 Å². The first-order valence-electron chi connectivity index (χ1n) is 5.53. The molecule has 0 saturated heterocycles. The van der Waals surface area contributed by atoms with E-state index in [9.17, 15) is 9.59 Å². The molecule has 0 unspecified atom stereocenters. The van der Waals surface area contributed by atoms with Crippen LogP contribution in [0.15, 0.2) is 29.2 Å². The fourth-order valence-corrected chi connectivity index (χ4v) is 2.98. The van der Waals surface area contributed by atoms with Gasteiger partial charge in [0.25, 0.3) is 5.56 Å². The summed E-state index contributed by atoms with van der Waals surface area (Å²) < 4.78 is 5.72.